The van der Waals surface area contributed by atoms with Crippen LogP contribution in [0.4, 0.5) is 5.69 Å². The van der Waals surface area contributed by atoms with Crippen molar-refractivity contribution in [1.29, 1.82) is 0 Å². The summed E-state index contributed by atoms with van der Waals surface area (Å²) in [5, 5.41) is 29.5. The number of rotatable bonds is 5. The van der Waals surface area contributed by atoms with Crippen LogP contribution in [0, 0.1) is 16.0 Å². The molecule has 0 saturated heterocycles. The number of nitro benzene ring substituents is 1. The lowest BCUT2D eigenvalue weighted by Crippen LogP contribution is -2.14. The highest BCUT2D eigenvalue weighted by Crippen LogP contribution is 2.33. The number of hydrogen-bond acceptors (Lipinski definition) is 4. The van der Waals surface area contributed by atoms with E-state index in [9.17, 15) is 20.0 Å². The van der Waals surface area contributed by atoms with E-state index in [2.05, 4.69) is 15.9 Å². The number of carboxylic acids is 1. The number of aliphatic hydroxyl groups is 1. The quantitative estimate of drug-likeness (QED) is 0.641. The molecule has 0 aliphatic heterocycles. The van der Waals surface area contributed by atoms with E-state index in [1.54, 1.807) is 6.07 Å². The number of nitrogens with zero attached hydrogens (tertiary/aromatic N) is 1. The summed E-state index contributed by atoms with van der Waals surface area (Å²) in [6.45, 7) is 1.53. The van der Waals surface area contributed by atoms with E-state index < -0.39 is 22.9 Å². The highest BCUT2D eigenvalue weighted by atomic mass is 79.9. The largest absolute Gasteiger partial charge is 0.481 e. The molecule has 2 atom stereocenters. The summed E-state index contributed by atoms with van der Waals surface area (Å²) < 4.78 is 0.524. The van der Waals surface area contributed by atoms with Gasteiger partial charge in [-0.3, -0.25) is 14.9 Å². The maximum absolute atomic E-state index is 10.9. The molecular weight excluding hydrogens is 306 g/mol. The molecule has 98 valence electrons. The summed E-state index contributed by atoms with van der Waals surface area (Å²) >= 11 is 3.11. The van der Waals surface area contributed by atoms with Gasteiger partial charge in [0.2, 0.25) is 0 Å². The van der Waals surface area contributed by atoms with E-state index >= 15 is 0 Å². The van der Waals surface area contributed by atoms with E-state index in [1.807, 2.05) is 0 Å². The molecule has 0 aliphatic carbocycles. The fraction of sp³-hybridized carbons (Fsp3) is 0.364. The van der Waals surface area contributed by atoms with Crippen molar-refractivity contribution in [3.63, 3.8) is 0 Å². The topological polar surface area (TPSA) is 101 Å². The van der Waals surface area contributed by atoms with Gasteiger partial charge in [0.1, 0.15) is 0 Å². The van der Waals surface area contributed by atoms with E-state index in [1.165, 1.54) is 19.1 Å². The van der Waals surface area contributed by atoms with Gasteiger partial charge in [-0.2, -0.15) is 0 Å². The van der Waals surface area contributed by atoms with Crippen LogP contribution in [0.3, 0.4) is 0 Å². The first kappa shape index (κ1) is 14.6. The molecule has 0 bridgehead atoms. The zero-order valence-corrected chi connectivity index (χ0v) is 11.1. The molecule has 18 heavy (non-hydrogen) atoms. The van der Waals surface area contributed by atoms with E-state index in [0.29, 0.717) is 4.47 Å². The normalized spacial score (nSPS) is 13.9. The lowest BCUT2D eigenvalue weighted by molar-refractivity contribution is -0.386. The molecule has 0 aromatic heterocycles. The molecule has 2 unspecified atom stereocenters. The number of hydrogen-bond donors (Lipinski definition) is 2. The van der Waals surface area contributed by atoms with Crippen molar-refractivity contribution >= 4 is 27.6 Å². The van der Waals surface area contributed by atoms with Crippen LogP contribution >= 0.6 is 15.9 Å². The van der Waals surface area contributed by atoms with E-state index in [0.717, 1.165) is 0 Å². The van der Waals surface area contributed by atoms with Gasteiger partial charge < -0.3 is 10.2 Å². The van der Waals surface area contributed by atoms with Crippen LogP contribution in [-0.2, 0) is 4.79 Å². The third kappa shape index (κ3) is 3.51. The molecule has 6 nitrogen and oxygen atoms in total. The summed E-state index contributed by atoms with van der Waals surface area (Å²) in [4.78, 5) is 20.8. The Morgan fingerprint density at radius 3 is 2.67 bits per heavy atom. The molecule has 0 spiro atoms. The van der Waals surface area contributed by atoms with Gasteiger partial charge in [0.05, 0.1) is 23.0 Å². The van der Waals surface area contributed by atoms with Gasteiger partial charge in [-0.25, -0.2) is 0 Å². The average molecular weight is 318 g/mol. The monoisotopic (exact) mass is 317 g/mol. The number of carbonyl (C=O) groups is 1. The highest BCUT2D eigenvalue weighted by Gasteiger charge is 2.26. The van der Waals surface area contributed by atoms with Gasteiger partial charge in [0.15, 0.2) is 0 Å². The molecule has 0 aliphatic rings. The van der Waals surface area contributed by atoms with Gasteiger partial charge in [0, 0.05) is 10.5 Å². The summed E-state index contributed by atoms with van der Waals surface area (Å²) in [6.07, 6.45) is -1.44. The Labute approximate surface area is 112 Å². The zero-order chi connectivity index (χ0) is 13.9. The standard InChI is InChI=1S/C11H12BrNO5/c1-6(4-10(14)15)11(16)8-3-2-7(12)5-9(8)13(17)18/h2-3,5-6,11,16H,4H2,1H3,(H,14,15). The number of benzene rings is 1. The molecule has 7 heteroatoms. The van der Waals surface area contributed by atoms with Crippen LogP contribution in [0.1, 0.15) is 25.0 Å². The van der Waals surface area contributed by atoms with Crippen molar-refractivity contribution < 1.29 is 19.9 Å². The molecule has 1 aromatic rings. The van der Waals surface area contributed by atoms with Crippen LogP contribution in [0.25, 0.3) is 0 Å². The summed E-state index contributed by atoms with van der Waals surface area (Å²) in [6, 6.07) is 4.27. The Bertz CT molecular complexity index is 477. The SMILES string of the molecule is CC(CC(=O)O)C(O)c1ccc(Br)cc1[N+](=O)[O-]. The van der Waals surface area contributed by atoms with Crippen LogP contribution in [0.5, 0.6) is 0 Å². The van der Waals surface area contributed by atoms with E-state index in [-0.39, 0.29) is 17.7 Å². The summed E-state index contributed by atoms with van der Waals surface area (Å²) in [7, 11) is 0. The molecule has 0 fully saturated rings. The molecule has 1 aromatic carbocycles. The van der Waals surface area contributed by atoms with Gasteiger partial charge in [-0.15, -0.1) is 0 Å². The Kier molecular flexibility index (Phi) is 4.80. The number of aliphatic hydroxyl groups excluding tert-OH is 1. The first-order valence-corrected chi connectivity index (χ1v) is 5.96. The first-order chi connectivity index (χ1) is 8.32. The van der Waals surface area contributed by atoms with Gasteiger partial charge in [-0.05, 0) is 18.1 Å². The average Bonchev–Trinajstić information content (AvgIpc) is 2.26. The second-order valence-electron chi connectivity index (χ2n) is 3.98. The number of nitro groups is 1. The predicted octanol–water partition coefficient (Wildman–Crippen LogP) is 2.50. The Hall–Kier alpha value is -1.47. The number of halogens is 1. The third-order valence-corrected chi connectivity index (χ3v) is 3.04. The van der Waals surface area contributed by atoms with Crippen LogP contribution in [-0.4, -0.2) is 21.1 Å². The van der Waals surface area contributed by atoms with Crippen LogP contribution < -0.4 is 0 Å². The van der Waals surface area contributed by atoms with Crippen molar-refractivity contribution in [3.8, 4) is 0 Å². The summed E-state index contributed by atoms with van der Waals surface area (Å²) in [5.41, 5.74) is -0.105. The maximum atomic E-state index is 10.9. The molecule has 0 amide bonds. The number of carboxylic acid groups (broad SMARTS) is 1. The van der Waals surface area contributed by atoms with Gasteiger partial charge >= 0.3 is 5.97 Å². The third-order valence-electron chi connectivity index (χ3n) is 2.54. The molecule has 1 rings (SSSR count). The number of aliphatic carboxylic acids is 1. The second kappa shape index (κ2) is 5.92. The highest BCUT2D eigenvalue weighted by molar-refractivity contribution is 9.10. The van der Waals surface area contributed by atoms with Crippen LogP contribution in [0.15, 0.2) is 22.7 Å². The maximum Gasteiger partial charge on any atom is 0.303 e. The Balaban J connectivity index is 3.08. The Morgan fingerprint density at radius 2 is 2.17 bits per heavy atom. The van der Waals surface area contributed by atoms with Crippen LogP contribution in [0.2, 0.25) is 0 Å². The Morgan fingerprint density at radius 1 is 1.56 bits per heavy atom. The minimum atomic E-state index is -1.19. The van der Waals surface area contributed by atoms with Gasteiger partial charge in [-0.1, -0.05) is 22.9 Å². The lowest BCUT2D eigenvalue weighted by atomic mass is 9.93. The first-order valence-electron chi connectivity index (χ1n) is 5.16. The lowest BCUT2D eigenvalue weighted by Gasteiger charge is -2.17. The fourth-order valence-corrected chi connectivity index (χ4v) is 1.97. The van der Waals surface area contributed by atoms with Crippen molar-refractivity contribution in [3.05, 3.63) is 38.3 Å². The molecule has 0 radical (unpaired) electrons. The molecule has 2 N–H and O–H groups in total. The molecule has 0 heterocycles. The fourth-order valence-electron chi connectivity index (χ4n) is 1.62. The minimum Gasteiger partial charge on any atom is -0.481 e. The zero-order valence-electron chi connectivity index (χ0n) is 9.54. The van der Waals surface area contributed by atoms with Crippen molar-refractivity contribution in [2.45, 2.75) is 19.4 Å². The minimum absolute atomic E-state index is 0.122. The van der Waals surface area contributed by atoms with Crippen molar-refractivity contribution in [2.24, 2.45) is 5.92 Å². The molecule has 0 saturated carbocycles. The summed E-state index contributed by atoms with van der Waals surface area (Å²) in [5.74, 6) is -1.66. The smallest absolute Gasteiger partial charge is 0.303 e. The second-order valence-corrected chi connectivity index (χ2v) is 4.90. The van der Waals surface area contributed by atoms with Crippen molar-refractivity contribution in [2.75, 3.05) is 0 Å². The van der Waals surface area contributed by atoms with E-state index in [4.69, 9.17) is 5.11 Å². The van der Waals surface area contributed by atoms with Gasteiger partial charge in [0.25, 0.3) is 5.69 Å². The van der Waals surface area contributed by atoms with Crippen molar-refractivity contribution in [1.82, 2.24) is 0 Å². The molecular formula is C11H12BrNO5. The predicted molar refractivity (Wildman–Crippen MR) is 67.2 cm³/mol.